The zero-order valence-corrected chi connectivity index (χ0v) is 13.2. The Labute approximate surface area is 126 Å². The number of hydrogen-bond acceptors (Lipinski definition) is 4. The zero-order chi connectivity index (χ0) is 15.2. The SMILES string of the molecule is CCNCc1c(C)nc(-c2cccc(OCC)c2)nc1C. The quantitative estimate of drug-likeness (QED) is 0.885. The first-order chi connectivity index (χ1) is 10.2. The van der Waals surface area contributed by atoms with E-state index in [0.717, 1.165) is 41.6 Å². The van der Waals surface area contributed by atoms with Crippen molar-refractivity contribution in [1.82, 2.24) is 15.3 Å². The largest absolute Gasteiger partial charge is 0.494 e. The molecular weight excluding hydrogens is 262 g/mol. The smallest absolute Gasteiger partial charge is 0.159 e. The Morgan fingerprint density at radius 1 is 1.10 bits per heavy atom. The number of ether oxygens (including phenoxy) is 1. The maximum Gasteiger partial charge on any atom is 0.159 e. The molecule has 2 rings (SSSR count). The predicted molar refractivity (Wildman–Crippen MR) is 85.5 cm³/mol. The molecule has 0 atom stereocenters. The molecular formula is C17H23N3O. The molecule has 0 bridgehead atoms. The van der Waals surface area contributed by atoms with E-state index in [9.17, 15) is 0 Å². The Morgan fingerprint density at radius 3 is 2.43 bits per heavy atom. The molecule has 0 aliphatic heterocycles. The van der Waals surface area contributed by atoms with Crippen LogP contribution in [0, 0.1) is 13.8 Å². The van der Waals surface area contributed by atoms with E-state index in [1.165, 1.54) is 5.56 Å². The van der Waals surface area contributed by atoms with E-state index in [0.29, 0.717) is 6.61 Å². The number of rotatable bonds is 6. The van der Waals surface area contributed by atoms with Crippen molar-refractivity contribution in [3.8, 4) is 17.1 Å². The minimum Gasteiger partial charge on any atom is -0.494 e. The average molecular weight is 285 g/mol. The predicted octanol–water partition coefficient (Wildman–Crippen LogP) is 3.27. The summed E-state index contributed by atoms with van der Waals surface area (Å²) in [5.41, 5.74) is 4.23. The molecule has 1 aromatic heterocycles. The van der Waals surface area contributed by atoms with E-state index >= 15 is 0 Å². The second-order valence-electron chi connectivity index (χ2n) is 4.94. The third kappa shape index (κ3) is 3.79. The molecule has 21 heavy (non-hydrogen) atoms. The molecule has 0 saturated heterocycles. The van der Waals surface area contributed by atoms with Gasteiger partial charge in [-0.15, -0.1) is 0 Å². The summed E-state index contributed by atoms with van der Waals surface area (Å²) in [5.74, 6) is 1.61. The Kier molecular flexibility index (Phi) is 5.28. The van der Waals surface area contributed by atoms with Crippen LogP contribution in [-0.4, -0.2) is 23.1 Å². The van der Waals surface area contributed by atoms with Crippen LogP contribution in [0.5, 0.6) is 5.75 Å². The standard InChI is InChI=1S/C17H23N3O/c1-5-18-11-16-12(3)19-17(20-13(16)4)14-8-7-9-15(10-14)21-6-2/h7-10,18H,5-6,11H2,1-4H3. The monoisotopic (exact) mass is 285 g/mol. The lowest BCUT2D eigenvalue weighted by Crippen LogP contribution is -2.15. The average Bonchev–Trinajstić information content (AvgIpc) is 2.47. The lowest BCUT2D eigenvalue weighted by molar-refractivity contribution is 0.340. The Morgan fingerprint density at radius 2 is 1.81 bits per heavy atom. The highest BCUT2D eigenvalue weighted by Crippen LogP contribution is 2.23. The molecule has 1 heterocycles. The molecule has 0 aliphatic rings. The van der Waals surface area contributed by atoms with Gasteiger partial charge in [-0.1, -0.05) is 19.1 Å². The van der Waals surface area contributed by atoms with Gasteiger partial charge in [-0.3, -0.25) is 0 Å². The molecule has 0 saturated carbocycles. The van der Waals surface area contributed by atoms with Gasteiger partial charge in [0.25, 0.3) is 0 Å². The van der Waals surface area contributed by atoms with Crippen molar-refractivity contribution in [3.05, 3.63) is 41.2 Å². The Bertz CT molecular complexity index is 588. The summed E-state index contributed by atoms with van der Waals surface area (Å²) in [4.78, 5) is 9.30. The molecule has 0 amide bonds. The molecule has 0 radical (unpaired) electrons. The van der Waals surface area contributed by atoms with Gasteiger partial charge in [0.05, 0.1) is 6.61 Å². The summed E-state index contributed by atoms with van der Waals surface area (Å²) in [5, 5.41) is 3.33. The Hall–Kier alpha value is -1.94. The first-order valence-electron chi connectivity index (χ1n) is 7.43. The van der Waals surface area contributed by atoms with E-state index in [1.54, 1.807) is 0 Å². The lowest BCUT2D eigenvalue weighted by atomic mass is 10.1. The first-order valence-corrected chi connectivity index (χ1v) is 7.43. The summed E-state index contributed by atoms with van der Waals surface area (Å²) in [6, 6.07) is 7.93. The molecule has 0 unspecified atom stereocenters. The van der Waals surface area contributed by atoms with Gasteiger partial charge in [-0.25, -0.2) is 9.97 Å². The van der Waals surface area contributed by atoms with Crippen LogP contribution in [0.15, 0.2) is 24.3 Å². The van der Waals surface area contributed by atoms with Crippen LogP contribution >= 0.6 is 0 Å². The molecule has 1 N–H and O–H groups in total. The van der Waals surface area contributed by atoms with Crippen LogP contribution in [0.3, 0.4) is 0 Å². The van der Waals surface area contributed by atoms with Crippen molar-refractivity contribution in [2.24, 2.45) is 0 Å². The summed E-state index contributed by atoms with van der Waals surface area (Å²) in [6.07, 6.45) is 0. The highest BCUT2D eigenvalue weighted by atomic mass is 16.5. The van der Waals surface area contributed by atoms with E-state index in [4.69, 9.17) is 4.74 Å². The first kappa shape index (κ1) is 15.4. The third-order valence-corrected chi connectivity index (χ3v) is 3.38. The number of benzene rings is 1. The fourth-order valence-electron chi connectivity index (χ4n) is 2.27. The van der Waals surface area contributed by atoms with Crippen molar-refractivity contribution in [3.63, 3.8) is 0 Å². The van der Waals surface area contributed by atoms with E-state index in [1.807, 2.05) is 45.0 Å². The van der Waals surface area contributed by atoms with Crippen LogP contribution < -0.4 is 10.1 Å². The fraction of sp³-hybridized carbons (Fsp3) is 0.412. The lowest BCUT2D eigenvalue weighted by Gasteiger charge is -2.12. The number of hydrogen-bond donors (Lipinski definition) is 1. The second-order valence-corrected chi connectivity index (χ2v) is 4.94. The minimum atomic E-state index is 0.657. The van der Waals surface area contributed by atoms with Gasteiger partial charge in [-0.2, -0.15) is 0 Å². The van der Waals surface area contributed by atoms with Gasteiger partial charge < -0.3 is 10.1 Å². The number of aromatic nitrogens is 2. The van der Waals surface area contributed by atoms with Gasteiger partial charge in [0.2, 0.25) is 0 Å². The van der Waals surface area contributed by atoms with Crippen molar-refractivity contribution < 1.29 is 4.74 Å². The van der Waals surface area contributed by atoms with Gasteiger partial charge in [0.1, 0.15) is 5.75 Å². The number of aryl methyl sites for hydroxylation is 2. The zero-order valence-electron chi connectivity index (χ0n) is 13.2. The molecule has 0 fully saturated rings. The molecule has 1 aromatic carbocycles. The number of nitrogens with one attached hydrogen (secondary N) is 1. The van der Waals surface area contributed by atoms with Crippen LogP contribution in [-0.2, 0) is 6.54 Å². The minimum absolute atomic E-state index is 0.657. The summed E-state index contributed by atoms with van der Waals surface area (Å²) in [7, 11) is 0. The molecule has 4 nitrogen and oxygen atoms in total. The summed E-state index contributed by atoms with van der Waals surface area (Å²) in [6.45, 7) is 10.6. The van der Waals surface area contributed by atoms with Gasteiger partial charge >= 0.3 is 0 Å². The third-order valence-electron chi connectivity index (χ3n) is 3.38. The van der Waals surface area contributed by atoms with Crippen LogP contribution in [0.1, 0.15) is 30.8 Å². The van der Waals surface area contributed by atoms with Crippen LogP contribution in [0.2, 0.25) is 0 Å². The Balaban J connectivity index is 2.34. The van der Waals surface area contributed by atoms with Gasteiger partial charge in [0.15, 0.2) is 5.82 Å². The van der Waals surface area contributed by atoms with Gasteiger partial charge in [0, 0.05) is 29.1 Å². The molecule has 0 spiro atoms. The van der Waals surface area contributed by atoms with Gasteiger partial charge in [-0.05, 0) is 39.4 Å². The molecule has 0 aliphatic carbocycles. The van der Waals surface area contributed by atoms with Crippen molar-refractivity contribution in [2.45, 2.75) is 34.2 Å². The summed E-state index contributed by atoms with van der Waals surface area (Å²) >= 11 is 0. The molecule has 112 valence electrons. The normalized spacial score (nSPS) is 10.7. The van der Waals surface area contributed by atoms with Crippen LogP contribution in [0.4, 0.5) is 0 Å². The van der Waals surface area contributed by atoms with Crippen molar-refractivity contribution in [1.29, 1.82) is 0 Å². The highest BCUT2D eigenvalue weighted by molar-refractivity contribution is 5.58. The molecule has 2 aromatic rings. The van der Waals surface area contributed by atoms with E-state index in [2.05, 4.69) is 22.2 Å². The van der Waals surface area contributed by atoms with E-state index < -0.39 is 0 Å². The maximum atomic E-state index is 5.54. The second kappa shape index (κ2) is 7.18. The maximum absolute atomic E-state index is 5.54. The number of nitrogens with zero attached hydrogens (tertiary/aromatic N) is 2. The fourth-order valence-corrected chi connectivity index (χ4v) is 2.27. The van der Waals surface area contributed by atoms with E-state index in [-0.39, 0.29) is 0 Å². The van der Waals surface area contributed by atoms with Crippen LogP contribution in [0.25, 0.3) is 11.4 Å². The highest BCUT2D eigenvalue weighted by Gasteiger charge is 2.10. The topological polar surface area (TPSA) is 47.0 Å². The van der Waals surface area contributed by atoms with Crippen molar-refractivity contribution >= 4 is 0 Å². The summed E-state index contributed by atoms with van der Waals surface area (Å²) < 4.78 is 5.54. The van der Waals surface area contributed by atoms with Crippen molar-refractivity contribution in [2.75, 3.05) is 13.2 Å². The molecule has 4 heteroatoms.